The molecule has 0 aliphatic carbocycles. The molecule has 2 N–H and O–H groups in total. The predicted molar refractivity (Wildman–Crippen MR) is 102 cm³/mol. The number of rotatable bonds is 5. The van der Waals surface area contributed by atoms with E-state index >= 15 is 0 Å². The van der Waals surface area contributed by atoms with Gasteiger partial charge in [-0.1, -0.05) is 11.8 Å². The van der Waals surface area contributed by atoms with Crippen LogP contribution in [-0.4, -0.2) is 38.8 Å². The maximum absolute atomic E-state index is 12.1. The summed E-state index contributed by atoms with van der Waals surface area (Å²) in [7, 11) is 1.66. The minimum Gasteiger partial charge on any atom is -0.497 e. The van der Waals surface area contributed by atoms with Crippen molar-refractivity contribution in [2.24, 2.45) is 0 Å². The number of carbonyl (C=O) groups excluding carboxylic acids is 1. The van der Waals surface area contributed by atoms with Crippen molar-refractivity contribution in [3.05, 3.63) is 48.5 Å². The van der Waals surface area contributed by atoms with E-state index in [1.165, 1.54) is 0 Å². The first-order chi connectivity index (χ1) is 11.7. The van der Waals surface area contributed by atoms with Gasteiger partial charge in [0.25, 0.3) is 5.91 Å². The second-order valence-corrected chi connectivity index (χ2v) is 6.50. The highest BCUT2D eigenvalue weighted by Crippen LogP contribution is 2.29. The van der Waals surface area contributed by atoms with Gasteiger partial charge in [0.1, 0.15) is 11.9 Å². The van der Waals surface area contributed by atoms with Crippen LogP contribution in [-0.2, 0) is 9.53 Å². The van der Waals surface area contributed by atoms with Crippen LogP contribution in [0.2, 0.25) is 0 Å². The van der Waals surface area contributed by atoms with E-state index in [0.29, 0.717) is 13.2 Å². The van der Waals surface area contributed by atoms with Crippen molar-refractivity contribution in [3.8, 4) is 5.75 Å². The summed E-state index contributed by atoms with van der Waals surface area (Å²) in [4.78, 5) is 14.3. The Morgan fingerprint density at radius 3 is 2.36 bits per heavy atom. The number of halogens is 1. The molecule has 1 aliphatic heterocycles. The molecule has 1 amide bonds. The number of benzene rings is 2. The summed E-state index contributed by atoms with van der Waals surface area (Å²) in [6.07, 6.45) is -0.424. The van der Waals surface area contributed by atoms with Crippen molar-refractivity contribution in [3.63, 3.8) is 0 Å². The van der Waals surface area contributed by atoms with E-state index in [-0.39, 0.29) is 18.3 Å². The summed E-state index contributed by atoms with van der Waals surface area (Å²) < 4.78 is 10.6. The second-order valence-electron chi connectivity index (χ2n) is 5.35. The van der Waals surface area contributed by atoms with Gasteiger partial charge in [0, 0.05) is 28.6 Å². The van der Waals surface area contributed by atoms with Crippen LogP contribution >= 0.6 is 24.2 Å². The number of hydrogen-bond donors (Lipinski definition) is 2. The molecule has 1 heterocycles. The summed E-state index contributed by atoms with van der Waals surface area (Å²) in [6.45, 7) is 1.91. The number of ether oxygens (including phenoxy) is 2. The second kappa shape index (κ2) is 9.68. The van der Waals surface area contributed by atoms with Crippen molar-refractivity contribution in [2.45, 2.75) is 15.9 Å². The maximum Gasteiger partial charge on any atom is 0.254 e. The Hall–Kier alpha value is -1.73. The summed E-state index contributed by atoms with van der Waals surface area (Å²) in [6, 6.07) is 15.7. The van der Waals surface area contributed by atoms with Crippen LogP contribution in [0.3, 0.4) is 0 Å². The first-order valence-electron chi connectivity index (χ1n) is 7.80. The number of carbonyl (C=O) groups is 1. The minimum absolute atomic E-state index is 0. The van der Waals surface area contributed by atoms with Crippen LogP contribution in [0.4, 0.5) is 5.69 Å². The van der Waals surface area contributed by atoms with Gasteiger partial charge in [0.2, 0.25) is 0 Å². The Labute approximate surface area is 157 Å². The highest BCUT2D eigenvalue weighted by atomic mass is 35.5. The molecule has 1 atom stereocenters. The van der Waals surface area contributed by atoms with Gasteiger partial charge in [-0.3, -0.25) is 4.79 Å². The largest absolute Gasteiger partial charge is 0.497 e. The Morgan fingerprint density at radius 2 is 1.80 bits per heavy atom. The number of anilines is 1. The zero-order valence-electron chi connectivity index (χ0n) is 13.9. The molecule has 3 rings (SSSR count). The lowest BCUT2D eigenvalue weighted by atomic mass is 10.2. The number of morpholine rings is 1. The van der Waals surface area contributed by atoms with Crippen molar-refractivity contribution >= 4 is 35.8 Å². The standard InChI is InChI=1S/C18H20N2O3S.ClH/c1-22-14-4-8-16(9-5-14)24-15-6-2-13(3-7-15)20-18(21)17-12-19-10-11-23-17;/h2-9,17,19H,10-12H2,1H3,(H,20,21);1H. The number of hydrogen-bond acceptors (Lipinski definition) is 5. The molecule has 1 aliphatic rings. The SMILES string of the molecule is COc1ccc(Sc2ccc(NC(=O)C3CNCCO3)cc2)cc1.Cl. The molecule has 0 spiro atoms. The third-order valence-electron chi connectivity index (χ3n) is 3.64. The van der Waals surface area contributed by atoms with E-state index in [1.807, 2.05) is 48.5 Å². The fourth-order valence-electron chi connectivity index (χ4n) is 2.34. The van der Waals surface area contributed by atoms with Gasteiger partial charge in [-0.25, -0.2) is 0 Å². The smallest absolute Gasteiger partial charge is 0.254 e. The van der Waals surface area contributed by atoms with Gasteiger partial charge >= 0.3 is 0 Å². The monoisotopic (exact) mass is 380 g/mol. The molecule has 7 heteroatoms. The first kappa shape index (κ1) is 19.6. The lowest BCUT2D eigenvalue weighted by Gasteiger charge is -2.22. The van der Waals surface area contributed by atoms with E-state index in [2.05, 4.69) is 10.6 Å². The van der Waals surface area contributed by atoms with Crippen LogP contribution in [0.15, 0.2) is 58.3 Å². The van der Waals surface area contributed by atoms with E-state index in [9.17, 15) is 4.79 Å². The molecular weight excluding hydrogens is 360 g/mol. The normalized spacial score (nSPS) is 16.6. The third-order valence-corrected chi connectivity index (χ3v) is 4.65. The third kappa shape index (κ3) is 5.64. The highest BCUT2D eigenvalue weighted by molar-refractivity contribution is 7.99. The van der Waals surface area contributed by atoms with Crippen molar-refractivity contribution in [2.75, 3.05) is 32.1 Å². The quantitative estimate of drug-likeness (QED) is 0.834. The van der Waals surface area contributed by atoms with Crippen LogP contribution in [0.1, 0.15) is 0 Å². The summed E-state index contributed by atoms with van der Waals surface area (Å²) in [5.74, 6) is 0.731. The molecule has 134 valence electrons. The Kier molecular flexibility index (Phi) is 7.58. The fourth-order valence-corrected chi connectivity index (χ4v) is 3.16. The predicted octanol–water partition coefficient (Wildman–Crippen LogP) is 3.20. The molecule has 0 radical (unpaired) electrons. The highest BCUT2D eigenvalue weighted by Gasteiger charge is 2.21. The van der Waals surface area contributed by atoms with Crippen molar-refractivity contribution in [1.82, 2.24) is 5.32 Å². The van der Waals surface area contributed by atoms with Crippen molar-refractivity contribution < 1.29 is 14.3 Å². The van der Waals surface area contributed by atoms with Crippen molar-refractivity contribution in [1.29, 1.82) is 0 Å². The van der Waals surface area contributed by atoms with E-state index in [4.69, 9.17) is 9.47 Å². The van der Waals surface area contributed by atoms with Crippen LogP contribution in [0.5, 0.6) is 5.75 Å². The van der Waals surface area contributed by atoms with Gasteiger partial charge in [0.05, 0.1) is 13.7 Å². The Morgan fingerprint density at radius 1 is 1.16 bits per heavy atom. The lowest BCUT2D eigenvalue weighted by Crippen LogP contribution is -2.45. The van der Waals surface area contributed by atoms with E-state index < -0.39 is 6.10 Å². The van der Waals surface area contributed by atoms with Gasteiger partial charge in [-0.2, -0.15) is 0 Å². The summed E-state index contributed by atoms with van der Waals surface area (Å²) in [5.41, 5.74) is 0.772. The summed E-state index contributed by atoms with van der Waals surface area (Å²) >= 11 is 1.66. The Balaban J connectivity index is 0.00000225. The average Bonchev–Trinajstić information content (AvgIpc) is 2.65. The van der Waals surface area contributed by atoms with Gasteiger partial charge in [-0.05, 0) is 48.5 Å². The number of amides is 1. The zero-order valence-corrected chi connectivity index (χ0v) is 15.5. The molecule has 5 nitrogen and oxygen atoms in total. The van der Waals surface area contributed by atoms with Gasteiger partial charge in [-0.15, -0.1) is 12.4 Å². The fraction of sp³-hybridized carbons (Fsp3) is 0.278. The molecule has 2 aromatic carbocycles. The molecule has 1 fully saturated rings. The van der Waals surface area contributed by atoms with E-state index in [1.54, 1.807) is 18.9 Å². The first-order valence-corrected chi connectivity index (χ1v) is 8.61. The Bertz CT molecular complexity index is 674. The maximum atomic E-state index is 12.1. The molecule has 25 heavy (non-hydrogen) atoms. The number of nitrogens with one attached hydrogen (secondary N) is 2. The zero-order chi connectivity index (χ0) is 16.8. The van der Waals surface area contributed by atoms with Crippen LogP contribution in [0, 0.1) is 0 Å². The average molecular weight is 381 g/mol. The molecule has 2 aromatic rings. The molecule has 0 aromatic heterocycles. The van der Waals surface area contributed by atoms with Crippen LogP contribution < -0.4 is 15.4 Å². The molecule has 0 bridgehead atoms. The summed E-state index contributed by atoms with van der Waals surface area (Å²) in [5, 5.41) is 6.04. The molecule has 0 saturated carbocycles. The van der Waals surface area contributed by atoms with Gasteiger partial charge in [0.15, 0.2) is 0 Å². The molecule has 1 saturated heterocycles. The minimum atomic E-state index is -0.424. The van der Waals surface area contributed by atoms with E-state index in [0.717, 1.165) is 27.8 Å². The van der Waals surface area contributed by atoms with Gasteiger partial charge < -0.3 is 20.1 Å². The molecular formula is C18H21ClN2O3S. The topological polar surface area (TPSA) is 59.6 Å². The molecule has 1 unspecified atom stereocenters. The number of methoxy groups -OCH3 is 1. The van der Waals surface area contributed by atoms with Crippen LogP contribution in [0.25, 0.3) is 0 Å². The lowest BCUT2D eigenvalue weighted by molar-refractivity contribution is -0.128.